The molecule has 9 heteroatoms. The number of piperazine rings is 1. The van der Waals surface area contributed by atoms with E-state index >= 15 is 0 Å². The van der Waals surface area contributed by atoms with Gasteiger partial charge in [-0.2, -0.15) is 0 Å². The fourth-order valence-corrected chi connectivity index (χ4v) is 4.71. The normalized spacial score (nSPS) is 18.5. The lowest BCUT2D eigenvalue weighted by atomic mass is 10.1. The Morgan fingerprint density at radius 3 is 3.00 bits per heavy atom. The van der Waals surface area contributed by atoms with E-state index < -0.39 is 0 Å². The molecule has 3 aromatic heterocycles. The Hall–Kier alpha value is -3.30. The number of rotatable bonds is 4. The van der Waals surface area contributed by atoms with E-state index in [9.17, 15) is 9.59 Å². The number of hydrogen-bond donors (Lipinski definition) is 2. The van der Waals surface area contributed by atoms with Gasteiger partial charge in [0.2, 0.25) is 0 Å². The van der Waals surface area contributed by atoms with Crippen molar-refractivity contribution in [1.82, 2.24) is 25.2 Å². The number of aromatic amines is 1. The Morgan fingerprint density at radius 2 is 2.18 bits per heavy atom. The number of carbonyl (C=O) groups is 1. The highest BCUT2D eigenvalue weighted by Gasteiger charge is 2.31. The van der Waals surface area contributed by atoms with Gasteiger partial charge in [-0.1, -0.05) is 6.92 Å². The summed E-state index contributed by atoms with van der Waals surface area (Å²) in [5.41, 5.74) is 5.63. The van der Waals surface area contributed by atoms with E-state index in [1.54, 1.807) is 13.1 Å². The molecule has 1 saturated heterocycles. The number of aromatic nitrogens is 3. The van der Waals surface area contributed by atoms with Crippen molar-refractivity contribution in [3.63, 3.8) is 0 Å². The van der Waals surface area contributed by atoms with Crippen LogP contribution in [-0.2, 0) is 24.3 Å². The molecule has 2 N–H and O–H groups in total. The zero-order valence-corrected chi connectivity index (χ0v) is 18.9. The summed E-state index contributed by atoms with van der Waals surface area (Å²) in [6.45, 7) is 6.30. The van der Waals surface area contributed by atoms with Crippen LogP contribution in [0.2, 0.25) is 0 Å². The smallest absolute Gasteiger partial charge is 0.269 e. The summed E-state index contributed by atoms with van der Waals surface area (Å²) in [6.07, 6.45) is 2.59. The molecule has 1 atom stereocenters. The van der Waals surface area contributed by atoms with Gasteiger partial charge in [-0.15, -0.1) is 0 Å². The number of anilines is 1. The fraction of sp³-hybridized carbons (Fsp3) is 0.417. The summed E-state index contributed by atoms with van der Waals surface area (Å²) < 4.78 is 5.94. The molecule has 1 fully saturated rings. The topological polar surface area (TPSA) is 103 Å². The zero-order chi connectivity index (χ0) is 22.9. The van der Waals surface area contributed by atoms with E-state index in [0.717, 1.165) is 59.7 Å². The largest absolute Gasteiger partial charge is 0.373 e. The van der Waals surface area contributed by atoms with Crippen molar-refractivity contribution >= 4 is 22.6 Å². The molecular weight excluding hydrogens is 420 g/mol. The molecule has 0 aliphatic carbocycles. The minimum Gasteiger partial charge on any atom is -0.373 e. The third kappa shape index (κ3) is 4.21. The molecule has 0 unspecified atom stereocenters. The molecule has 0 spiro atoms. The SMILES string of the molecule is CCc1cc2ncc(CN3CCN4c5ccc(C(=O)NC)nc5COC[C@H]4C3)cc2[nH]c1=O. The van der Waals surface area contributed by atoms with Crippen molar-refractivity contribution in [1.29, 1.82) is 0 Å². The van der Waals surface area contributed by atoms with Gasteiger partial charge in [-0.05, 0) is 36.2 Å². The third-order valence-corrected chi connectivity index (χ3v) is 6.45. The summed E-state index contributed by atoms with van der Waals surface area (Å²) in [4.78, 5) is 41.0. The van der Waals surface area contributed by atoms with Gasteiger partial charge in [0.25, 0.3) is 11.5 Å². The maximum absolute atomic E-state index is 12.2. The van der Waals surface area contributed by atoms with Crippen molar-refractivity contribution in [3.05, 3.63) is 63.3 Å². The van der Waals surface area contributed by atoms with Crippen LogP contribution in [-0.4, -0.2) is 65.1 Å². The van der Waals surface area contributed by atoms with E-state index in [0.29, 0.717) is 25.3 Å². The summed E-state index contributed by atoms with van der Waals surface area (Å²) in [5, 5.41) is 2.62. The minimum absolute atomic E-state index is 0.0416. The number of amides is 1. The van der Waals surface area contributed by atoms with E-state index in [-0.39, 0.29) is 17.5 Å². The highest BCUT2D eigenvalue weighted by Crippen LogP contribution is 2.28. The van der Waals surface area contributed by atoms with Crippen LogP contribution in [0.5, 0.6) is 0 Å². The Kier molecular flexibility index (Phi) is 5.82. The molecule has 0 saturated carbocycles. The number of carbonyl (C=O) groups excluding carboxylic acids is 1. The van der Waals surface area contributed by atoms with Crippen LogP contribution in [0, 0.1) is 0 Å². The summed E-state index contributed by atoms with van der Waals surface area (Å²) in [6, 6.07) is 7.86. The molecule has 2 aliphatic rings. The number of nitrogens with one attached hydrogen (secondary N) is 2. The number of H-pyrrole nitrogens is 1. The number of nitrogens with zero attached hydrogens (tertiary/aromatic N) is 4. The summed E-state index contributed by atoms with van der Waals surface area (Å²) in [5.74, 6) is -0.195. The molecule has 0 aromatic carbocycles. The van der Waals surface area contributed by atoms with Gasteiger partial charge in [0.15, 0.2) is 0 Å². The average molecular weight is 449 g/mol. The van der Waals surface area contributed by atoms with Crippen LogP contribution in [0.4, 0.5) is 5.69 Å². The molecule has 3 aromatic rings. The highest BCUT2D eigenvalue weighted by molar-refractivity contribution is 5.92. The molecule has 2 aliphatic heterocycles. The molecule has 5 heterocycles. The first-order valence-corrected chi connectivity index (χ1v) is 11.3. The Morgan fingerprint density at radius 1 is 1.30 bits per heavy atom. The first-order valence-electron chi connectivity index (χ1n) is 11.3. The number of pyridine rings is 3. The monoisotopic (exact) mass is 448 g/mol. The lowest BCUT2D eigenvalue weighted by Crippen LogP contribution is -2.54. The van der Waals surface area contributed by atoms with Crippen molar-refractivity contribution in [2.24, 2.45) is 0 Å². The number of fused-ring (bicyclic) bond motifs is 4. The molecule has 172 valence electrons. The Balaban J connectivity index is 1.32. The second-order valence-electron chi connectivity index (χ2n) is 8.59. The van der Waals surface area contributed by atoms with Gasteiger partial charge in [0.05, 0.1) is 41.7 Å². The lowest BCUT2D eigenvalue weighted by Gasteiger charge is -2.41. The molecule has 0 radical (unpaired) electrons. The molecule has 33 heavy (non-hydrogen) atoms. The van der Waals surface area contributed by atoms with Gasteiger partial charge in [0.1, 0.15) is 5.69 Å². The average Bonchev–Trinajstić information content (AvgIpc) is 3.01. The van der Waals surface area contributed by atoms with E-state index in [1.807, 2.05) is 31.3 Å². The Labute approximate surface area is 191 Å². The van der Waals surface area contributed by atoms with E-state index in [4.69, 9.17) is 4.74 Å². The molecule has 5 rings (SSSR count). The fourth-order valence-electron chi connectivity index (χ4n) is 4.71. The van der Waals surface area contributed by atoms with Crippen LogP contribution < -0.4 is 15.8 Å². The quantitative estimate of drug-likeness (QED) is 0.623. The zero-order valence-electron chi connectivity index (χ0n) is 18.9. The third-order valence-electron chi connectivity index (χ3n) is 6.45. The predicted molar refractivity (Wildman–Crippen MR) is 125 cm³/mol. The van der Waals surface area contributed by atoms with Gasteiger partial charge in [0, 0.05) is 45.0 Å². The number of ether oxygens (including phenoxy) is 1. The van der Waals surface area contributed by atoms with Crippen LogP contribution in [0.25, 0.3) is 11.0 Å². The first kappa shape index (κ1) is 21.5. The van der Waals surface area contributed by atoms with Crippen LogP contribution in [0.1, 0.15) is 34.2 Å². The van der Waals surface area contributed by atoms with Crippen LogP contribution in [0.3, 0.4) is 0 Å². The van der Waals surface area contributed by atoms with Crippen LogP contribution in [0.15, 0.2) is 35.3 Å². The summed E-state index contributed by atoms with van der Waals surface area (Å²) >= 11 is 0. The van der Waals surface area contributed by atoms with Gasteiger partial charge in [-0.25, -0.2) is 4.98 Å². The van der Waals surface area contributed by atoms with Gasteiger partial charge >= 0.3 is 0 Å². The number of aryl methyl sites for hydroxylation is 1. The standard InChI is InChI=1S/C24H28N6O3/c1-3-16-9-19-20(28-23(16)31)8-15(10-26-19)11-29-6-7-30-17(12-29)13-33-14-21-22(30)5-4-18(27-21)24(32)25-2/h4-5,8-10,17H,3,6-7,11-14H2,1-2H3,(H,25,32)(H,28,31)/t17-/m1/s1. The predicted octanol–water partition coefficient (Wildman–Crippen LogP) is 1.46. The van der Waals surface area contributed by atoms with Crippen molar-refractivity contribution in [3.8, 4) is 0 Å². The minimum atomic E-state index is -0.195. The number of hydrogen-bond acceptors (Lipinski definition) is 7. The van der Waals surface area contributed by atoms with Gasteiger partial charge < -0.3 is 19.9 Å². The first-order chi connectivity index (χ1) is 16.1. The van der Waals surface area contributed by atoms with Gasteiger partial charge in [-0.3, -0.25) is 19.5 Å². The van der Waals surface area contributed by atoms with Crippen molar-refractivity contribution in [2.75, 3.05) is 38.2 Å². The molecule has 0 bridgehead atoms. The summed E-state index contributed by atoms with van der Waals surface area (Å²) in [7, 11) is 1.60. The second-order valence-corrected chi connectivity index (χ2v) is 8.59. The van der Waals surface area contributed by atoms with E-state index in [2.05, 4.69) is 30.1 Å². The van der Waals surface area contributed by atoms with E-state index in [1.165, 1.54) is 0 Å². The second kappa shape index (κ2) is 8.92. The van der Waals surface area contributed by atoms with Crippen molar-refractivity contribution in [2.45, 2.75) is 32.5 Å². The van der Waals surface area contributed by atoms with Crippen molar-refractivity contribution < 1.29 is 9.53 Å². The Bertz CT molecular complexity index is 1260. The maximum atomic E-state index is 12.2. The lowest BCUT2D eigenvalue weighted by molar-refractivity contribution is 0.0876. The molecule has 1 amide bonds. The van der Waals surface area contributed by atoms with Crippen LogP contribution >= 0.6 is 0 Å². The molecule has 9 nitrogen and oxygen atoms in total. The molecular formula is C24H28N6O3. The maximum Gasteiger partial charge on any atom is 0.269 e. The highest BCUT2D eigenvalue weighted by atomic mass is 16.5.